The van der Waals surface area contributed by atoms with Crippen molar-refractivity contribution in [1.82, 2.24) is 14.1 Å². The fraction of sp³-hybridized carbons (Fsp3) is 0.435. The van der Waals surface area contributed by atoms with Gasteiger partial charge in [-0.1, -0.05) is 41.9 Å². The monoisotopic (exact) mass is 496 g/mol. The molecule has 2 aliphatic rings. The van der Waals surface area contributed by atoms with Gasteiger partial charge in [-0.05, 0) is 44.3 Å². The van der Waals surface area contributed by atoms with Crippen LogP contribution in [0.1, 0.15) is 28.4 Å². The molecule has 0 bridgehead atoms. The van der Waals surface area contributed by atoms with Crippen molar-refractivity contribution in [3.8, 4) is 0 Å². The fourth-order valence-electron chi connectivity index (χ4n) is 4.24. The van der Waals surface area contributed by atoms with Crippen LogP contribution in [-0.2, 0) is 15.4 Å². The molecule has 0 saturated carbocycles. The molecule has 2 aromatic carbocycles. The first-order valence-corrected chi connectivity index (χ1v) is 12.9. The van der Waals surface area contributed by atoms with Crippen LogP contribution in [0.15, 0.2) is 48.5 Å². The lowest BCUT2D eigenvalue weighted by Gasteiger charge is -2.33. The van der Waals surface area contributed by atoms with Gasteiger partial charge in [-0.3, -0.25) is 9.52 Å². The van der Waals surface area contributed by atoms with E-state index in [1.165, 1.54) is 10.4 Å². The molecule has 2 atom stereocenters. The molecule has 0 aliphatic carbocycles. The number of anilines is 1. The molecule has 0 radical (unpaired) electrons. The molecule has 2 heterocycles. The number of benzene rings is 2. The fourth-order valence-corrected chi connectivity index (χ4v) is 5.87. The van der Waals surface area contributed by atoms with Gasteiger partial charge in [-0.15, -0.1) is 3.89 Å². The Morgan fingerprint density at radius 2 is 1.94 bits per heavy atom. The number of nitrogens with zero attached hydrogens (tertiary/aromatic N) is 3. The Balaban J connectivity index is 1.43. The van der Waals surface area contributed by atoms with Gasteiger partial charge in [0.05, 0.1) is 23.7 Å². The largest absolute Gasteiger partial charge is 0.370 e. The van der Waals surface area contributed by atoms with E-state index in [4.69, 9.17) is 16.3 Å². The van der Waals surface area contributed by atoms with Crippen LogP contribution in [0.25, 0.3) is 0 Å². The number of rotatable bonds is 6. The molecule has 0 aromatic heterocycles. The van der Waals surface area contributed by atoms with E-state index < -0.39 is 10.7 Å². The minimum atomic E-state index is -4.28. The van der Waals surface area contributed by atoms with E-state index in [1.54, 1.807) is 17.0 Å². The molecular weight excluding hydrogens is 467 g/mol. The second-order valence-corrected chi connectivity index (χ2v) is 10.8. The highest BCUT2D eigenvalue weighted by Gasteiger charge is 2.33. The molecule has 2 fully saturated rings. The number of morpholine rings is 1. The molecule has 10 heteroatoms. The molecule has 2 aromatic rings. The van der Waals surface area contributed by atoms with Crippen molar-refractivity contribution in [2.24, 2.45) is 0 Å². The van der Waals surface area contributed by atoms with Crippen molar-refractivity contribution in [2.45, 2.75) is 18.6 Å². The minimum Gasteiger partial charge on any atom is -0.370 e. The first-order chi connectivity index (χ1) is 15.7. The summed E-state index contributed by atoms with van der Waals surface area (Å²) in [7, 11) is -0.426. The molecule has 180 valence electrons. The van der Waals surface area contributed by atoms with Gasteiger partial charge >= 0.3 is 0 Å². The lowest BCUT2D eigenvalue weighted by molar-refractivity contribution is -0.0228. The predicted molar refractivity (Wildman–Crippen MR) is 130 cm³/mol. The summed E-state index contributed by atoms with van der Waals surface area (Å²) in [4.78, 5) is 16.8. The minimum absolute atomic E-state index is 0.160. The van der Waals surface area contributed by atoms with E-state index in [2.05, 4.69) is 4.72 Å². The highest BCUT2D eigenvalue weighted by molar-refractivity contribution is 7.97. The Morgan fingerprint density at radius 1 is 1.18 bits per heavy atom. The van der Waals surface area contributed by atoms with Gasteiger partial charge in [-0.25, -0.2) is 8.51 Å². The van der Waals surface area contributed by atoms with Crippen LogP contribution in [0.2, 0.25) is 5.02 Å². The summed E-state index contributed by atoms with van der Waals surface area (Å²) in [6.45, 7) is 2.10. The summed E-state index contributed by atoms with van der Waals surface area (Å²) in [5.41, 5.74) is 1.61. The van der Waals surface area contributed by atoms with E-state index in [0.717, 1.165) is 12.0 Å². The number of thiol groups is 1. The van der Waals surface area contributed by atoms with Crippen molar-refractivity contribution >= 4 is 33.9 Å². The standard InChI is InChI=1S/C23H30ClFN4O3S/c1-27(2)19-10-11-29(15-19)33(25,31)26-18-8-9-20(21(24)14-18)23(30)28-12-13-32-22(16-28)17-6-4-3-5-7-17/h3-9,14,19,22,33H,10-13,15-16H2,1-2H3,(H,26,31)/t19-,22-/m1/s1. The molecule has 2 saturated heterocycles. The van der Waals surface area contributed by atoms with E-state index in [1.807, 2.05) is 49.3 Å². The van der Waals surface area contributed by atoms with Crippen LogP contribution >= 0.6 is 11.6 Å². The highest BCUT2D eigenvalue weighted by atomic mass is 35.5. The molecule has 1 N–H and O–H groups in total. The summed E-state index contributed by atoms with van der Waals surface area (Å²) in [5, 5.41) is 0.181. The van der Waals surface area contributed by atoms with Gasteiger partial charge in [0, 0.05) is 31.4 Å². The number of hydrogen-bond acceptors (Lipinski definition) is 4. The van der Waals surface area contributed by atoms with Crippen molar-refractivity contribution in [3.05, 3.63) is 64.7 Å². The van der Waals surface area contributed by atoms with Crippen LogP contribution in [0.5, 0.6) is 0 Å². The Kier molecular flexibility index (Phi) is 7.35. The Hall–Kier alpha value is -2.04. The molecule has 1 amide bonds. The third-order valence-corrected chi connectivity index (χ3v) is 8.17. The van der Waals surface area contributed by atoms with Gasteiger partial charge in [-0.2, -0.15) is 0 Å². The SMILES string of the molecule is CN(C)[C@@H]1CCN([SH](=O)(F)Nc2ccc(C(=O)N3CCO[C@@H](c4ccccc4)C3)c(Cl)c2)C1. The Morgan fingerprint density at radius 3 is 2.61 bits per heavy atom. The maximum atomic E-state index is 15.0. The number of likely N-dealkylation sites (N-methyl/N-ethyl adjacent to an activating group) is 1. The second kappa shape index (κ2) is 10.1. The van der Waals surface area contributed by atoms with E-state index >= 15 is 3.89 Å². The summed E-state index contributed by atoms with van der Waals surface area (Å²) in [5.74, 6) is -0.215. The second-order valence-electron chi connectivity index (χ2n) is 8.65. The first-order valence-electron chi connectivity index (χ1n) is 11.0. The zero-order valence-corrected chi connectivity index (χ0v) is 20.4. The first kappa shape index (κ1) is 24.1. The number of hydrogen-bond donors (Lipinski definition) is 2. The van der Waals surface area contributed by atoms with Crippen molar-refractivity contribution in [3.63, 3.8) is 0 Å². The molecule has 33 heavy (non-hydrogen) atoms. The number of halogens is 2. The topological polar surface area (TPSA) is 65.1 Å². The van der Waals surface area contributed by atoms with Gasteiger partial charge in [0.15, 0.2) is 0 Å². The summed E-state index contributed by atoms with van der Waals surface area (Å²) in [6, 6.07) is 14.5. The molecule has 7 nitrogen and oxygen atoms in total. The smallest absolute Gasteiger partial charge is 0.255 e. The van der Waals surface area contributed by atoms with Crippen molar-refractivity contribution < 1.29 is 17.6 Å². The average molecular weight is 497 g/mol. The van der Waals surface area contributed by atoms with Crippen LogP contribution in [-0.4, -0.2) is 77.1 Å². The maximum absolute atomic E-state index is 15.0. The predicted octanol–water partition coefficient (Wildman–Crippen LogP) is 3.33. The van der Waals surface area contributed by atoms with Crippen LogP contribution < -0.4 is 4.72 Å². The number of nitrogens with one attached hydrogen (secondary N) is 1. The lowest BCUT2D eigenvalue weighted by Crippen LogP contribution is -2.42. The van der Waals surface area contributed by atoms with Gasteiger partial charge in [0.25, 0.3) is 5.91 Å². The zero-order chi connectivity index (χ0) is 23.6. The normalized spacial score (nSPS) is 22.5. The van der Waals surface area contributed by atoms with Crippen LogP contribution in [0.4, 0.5) is 9.57 Å². The number of ether oxygens (including phenoxy) is 1. The Labute approximate surface area is 200 Å². The maximum Gasteiger partial charge on any atom is 0.255 e. The summed E-state index contributed by atoms with van der Waals surface area (Å²) >= 11 is 6.40. The van der Waals surface area contributed by atoms with E-state index in [9.17, 15) is 9.00 Å². The van der Waals surface area contributed by atoms with Crippen LogP contribution in [0, 0.1) is 0 Å². The van der Waals surface area contributed by atoms with Gasteiger partial charge < -0.3 is 14.5 Å². The van der Waals surface area contributed by atoms with E-state index in [-0.39, 0.29) is 28.8 Å². The number of carbonyl (C=O) groups is 1. The summed E-state index contributed by atoms with van der Waals surface area (Å²) < 4.78 is 37.4. The Bertz CT molecular complexity index is 1040. The molecular formula is C23H30ClFN4O3S. The number of amides is 1. The van der Waals surface area contributed by atoms with E-state index in [0.29, 0.717) is 38.3 Å². The molecule has 0 unspecified atom stereocenters. The molecule has 0 spiro atoms. The molecule has 4 rings (SSSR count). The zero-order valence-electron chi connectivity index (χ0n) is 18.8. The molecule has 2 aliphatic heterocycles. The lowest BCUT2D eigenvalue weighted by atomic mass is 10.1. The summed E-state index contributed by atoms with van der Waals surface area (Å²) in [6.07, 6.45) is 0.549. The van der Waals surface area contributed by atoms with Crippen LogP contribution in [0.3, 0.4) is 0 Å². The van der Waals surface area contributed by atoms with Gasteiger partial charge in [0.2, 0.25) is 0 Å². The quantitative estimate of drug-likeness (QED) is 0.475. The third kappa shape index (κ3) is 5.55. The van der Waals surface area contributed by atoms with Gasteiger partial charge in [0.1, 0.15) is 16.8 Å². The van der Waals surface area contributed by atoms with Crippen molar-refractivity contribution in [2.75, 3.05) is 51.6 Å². The average Bonchev–Trinajstić information content (AvgIpc) is 3.31. The third-order valence-electron chi connectivity index (χ3n) is 6.23. The highest BCUT2D eigenvalue weighted by Crippen LogP contribution is 2.29. The number of carbonyl (C=O) groups excluding carboxylic acids is 1. The van der Waals surface area contributed by atoms with Crippen molar-refractivity contribution in [1.29, 1.82) is 0 Å².